The Bertz CT molecular complexity index is 660. The largest absolute Gasteiger partial charge is 0.472 e. The monoisotopic (exact) mass is 669 g/mol. The molecule has 46 heavy (non-hydrogen) atoms. The predicted molar refractivity (Wildman–Crippen MR) is 198 cm³/mol. The van der Waals surface area contributed by atoms with Gasteiger partial charge < -0.3 is 14.4 Å². The molecule has 0 fully saturated rings. The van der Waals surface area contributed by atoms with Gasteiger partial charge in [0.1, 0.15) is 0 Å². The maximum absolute atomic E-state index is 13.0. The van der Waals surface area contributed by atoms with Crippen LogP contribution in [0.5, 0.6) is 0 Å². The van der Waals surface area contributed by atoms with Crippen molar-refractivity contribution in [3.8, 4) is 0 Å². The summed E-state index contributed by atoms with van der Waals surface area (Å²) in [6, 6.07) is 0. The van der Waals surface area contributed by atoms with Crippen molar-refractivity contribution >= 4 is 23.5 Å². The molecule has 0 aromatic rings. The fourth-order valence-corrected chi connectivity index (χ4v) is 6.83. The van der Waals surface area contributed by atoms with Crippen LogP contribution in [0.25, 0.3) is 0 Å². The highest BCUT2D eigenvalue weighted by atomic mass is 31.2. The summed E-state index contributed by atoms with van der Waals surface area (Å²) < 4.78 is 36.5. The van der Waals surface area contributed by atoms with E-state index in [0.29, 0.717) is 0 Å². The van der Waals surface area contributed by atoms with E-state index < -0.39 is 20.0 Å². The van der Waals surface area contributed by atoms with Crippen LogP contribution in [0.15, 0.2) is 0 Å². The van der Waals surface area contributed by atoms with Crippen molar-refractivity contribution in [2.45, 2.75) is 225 Å². The Morgan fingerprint density at radius 3 is 1.26 bits per heavy atom. The fraction of sp³-hybridized carbons (Fsp3) is 1.00. The first kappa shape index (κ1) is 46.2. The molecule has 1 N–H and O–H groups in total. The van der Waals surface area contributed by atoms with E-state index in [4.69, 9.17) is 34.2 Å². The van der Waals surface area contributed by atoms with Gasteiger partial charge in [-0.15, -0.1) is 0 Å². The average Bonchev–Trinajstić information content (AvgIpc) is 3.05. The van der Waals surface area contributed by atoms with Crippen molar-refractivity contribution in [3.63, 3.8) is 0 Å². The fourth-order valence-electron chi connectivity index (χ4n) is 5.89. The normalized spacial score (nSPS) is 15.3. The number of hydrogen-bond acceptors (Lipinski definition) is 5. The lowest BCUT2D eigenvalue weighted by Gasteiger charge is -2.27. The number of hydrogen-bond donors (Lipinski definition) is 1. The molecule has 0 saturated heterocycles. The molecule has 4 atom stereocenters. The van der Waals surface area contributed by atoms with Crippen molar-refractivity contribution in [1.29, 1.82) is 0 Å². The standard InChI is InChI=1S/C37H75B2O6P/c1-5-9-13-17-21-23-27-34(26-22-18-14-10-6-2)42-32-37(31-39)45-46(40,41)43-33-36(30-38)44-35(28-24-19-15-11-7-3)29-25-20-16-12-8-4/h34-37H,5-33H2,1-4H3,(H,40,41)/t34?,36-,37-/m1/s1. The summed E-state index contributed by atoms with van der Waals surface area (Å²) in [5.41, 5.74) is 0. The van der Waals surface area contributed by atoms with Crippen LogP contribution in [-0.2, 0) is 23.1 Å². The van der Waals surface area contributed by atoms with Crippen LogP contribution >= 0.6 is 7.82 Å². The first-order chi connectivity index (χ1) is 22.3. The maximum atomic E-state index is 13.0. The van der Waals surface area contributed by atoms with Gasteiger partial charge in [0, 0.05) is 0 Å². The molecule has 0 bridgehead atoms. The van der Waals surface area contributed by atoms with Crippen molar-refractivity contribution in [2.24, 2.45) is 0 Å². The highest BCUT2D eigenvalue weighted by Crippen LogP contribution is 2.45. The number of phosphoric ester groups is 1. The maximum Gasteiger partial charge on any atom is 0.472 e. The lowest BCUT2D eigenvalue weighted by molar-refractivity contribution is -0.0451. The van der Waals surface area contributed by atoms with Crippen LogP contribution in [0, 0.1) is 0 Å². The Labute approximate surface area is 289 Å². The molecule has 6 nitrogen and oxygen atoms in total. The Morgan fingerprint density at radius 1 is 0.500 bits per heavy atom. The van der Waals surface area contributed by atoms with Gasteiger partial charge in [-0.05, 0) is 25.7 Å². The van der Waals surface area contributed by atoms with Crippen LogP contribution in [0.1, 0.15) is 188 Å². The van der Waals surface area contributed by atoms with Crippen LogP contribution in [0.2, 0.25) is 12.6 Å². The van der Waals surface area contributed by atoms with Crippen molar-refractivity contribution < 1.29 is 28.0 Å². The van der Waals surface area contributed by atoms with Gasteiger partial charge in [0.05, 0.1) is 53.3 Å². The quantitative estimate of drug-likeness (QED) is 0.0403. The van der Waals surface area contributed by atoms with E-state index >= 15 is 0 Å². The van der Waals surface area contributed by atoms with Crippen molar-refractivity contribution in [2.75, 3.05) is 13.2 Å². The van der Waals surface area contributed by atoms with E-state index in [1.165, 1.54) is 109 Å². The lowest BCUT2D eigenvalue weighted by atomic mass is 9.98. The van der Waals surface area contributed by atoms with Crippen LogP contribution in [0.3, 0.4) is 0 Å². The van der Waals surface area contributed by atoms with E-state index in [1.807, 2.05) is 0 Å². The molecule has 0 rings (SSSR count). The van der Waals surface area contributed by atoms with Gasteiger partial charge in [0.25, 0.3) is 0 Å². The molecule has 0 saturated carbocycles. The zero-order chi connectivity index (χ0) is 34.1. The van der Waals surface area contributed by atoms with Gasteiger partial charge >= 0.3 is 7.82 Å². The molecule has 0 aliphatic rings. The second-order valence-corrected chi connectivity index (χ2v) is 14.9. The summed E-state index contributed by atoms with van der Waals surface area (Å²) in [7, 11) is 7.62. The summed E-state index contributed by atoms with van der Waals surface area (Å²) in [6.07, 6.45) is 28.9. The topological polar surface area (TPSA) is 74.2 Å². The van der Waals surface area contributed by atoms with Crippen LogP contribution in [0.4, 0.5) is 0 Å². The summed E-state index contributed by atoms with van der Waals surface area (Å²) in [5, 5.41) is 0. The van der Waals surface area contributed by atoms with Gasteiger partial charge in [0.15, 0.2) is 0 Å². The van der Waals surface area contributed by atoms with Gasteiger partial charge in [-0.2, -0.15) is 0 Å². The minimum Gasteiger partial charge on any atom is -0.376 e. The summed E-state index contributed by atoms with van der Waals surface area (Å²) in [4.78, 5) is 10.6. The third-order valence-corrected chi connectivity index (χ3v) is 9.94. The highest BCUT2D eigenvalue weighted by Gasteiger charge is 2.28. The molecule has 0 aliphatic heterocycles. The molecule has 0 aromatic carbocycles. The third kappa shape index (κ3) is 29.1. The lowest BCUT2D eigenvalue weighted by Crippen LogP contribution is -2.27. The Morgan fingerprint density at radius 2 is 0.870 bits per heavy atom. The number of phosphoric acid groups is 1. The molecule has 2 unspecified atom stereocenters. The number of unbranched alkanes of at least 4 members (excludes halogenated alkanes) is 17. The van der Waals surface area contributed by atoms with E-state index in [9.17, 15) is 9.46 Å². The smallest absolute Gasteiger partial charge is 0.376 e. The predicted octanol–water partition coefficient (Wildman–Crippen LogP) is 11.6. The molecule has 0 aromatic heterocycles. The second-order valence-electron chi connectivity index (χ2n) is 13.5. The molecule has 270 valence electrons. The minimum atomic E-state index is -4.37. The summed E-state index contributed by atoms with van der Waals surface area (Å²) in [5.74, 6) is 0. The second kappa shape index (κ2) is 33.6. The molecule has 0 spiro atoms. The number of ether oxygens (including phenoxy) is 2. The molecule has 9 heteroatoms. The van der Waals surface area contributed by atoms with E-state index in [2.05, 4.69) is 27.7 Å². The Kier molecular flexibility index (Phi) is 33.8. The van der Waals surface area contributed by atoms with Crippen molar-refractivity contribution in [1.82, 2.24) is 0 Å². The first-order valence-corrected chi connectivity index (χ1v) is 21.2. The van der Waals surface area contributed by atoms with Gasteiger partial charge in [-0.3, -0.25) is 9.05 Å². The first-order valence-electron chi connectivity index (χ1n) is 19.7. The van der Waals surface area contributed by atoms with E-state index in [0.717, 1.165) is 51.4 Å². The van der Waals surface area contributed by atoms with Gasteiger partial charge in [-0.25, -0.2) is 4.57 Å². The molecule has 0 aliphatic carbocycles. The van der Waals surface area contributed by atoms with E-state index in [1.54, 1.807) is 0 Å². The molecular weight excluding hydrogens is 593 g/mol. The minimum absolute atomic E-state index is 0.0725. The van der Waals surface area contributed by atoms with Crippen LogP contribution in [-0.4, -0.2) is 58.2 Å². The zero-order valence-electron chi connectivity index (χ0n) is 30.9. The van der Waals surface area contributed by atoms with Crippen molar-refractivity contribution in [3.05, 3.63) is 0 Å². The molecule has 4 radical (unpaired) electrons. The van der Waals surface area contributed by atoms with Gasteiger partial charge in [0.2, 0.25) is 0 Å². The molecule has 0 heterocycles. The highest BCUT2D eigenvalue weighted by molar-refractivity contribution is 7.47. The average molecular weight is 669 g/mol. The molecule has 0 amide bonds. The van der Waals surface area contributed by atoms with Gasteiger partial charge in [-0.1, -0.05) is 175 Å². The molecular formula is C37H75B2O6P. The van der Waals surface area contributed by atoms with E-state index in [-0.39, 0.29) is 38.1 Å². The summed E-state index contributed by atoms with van der Waals surface area (Å²) >= 11 is 0. The zero-order valence-corrected chi connectivity index (χ0v) is 31.8. The summed E-state index contributed by atoms with van der Waals surface area (Å²) in [6.45, 7) is 9.00. The Hall–Kier alpha value is 0.160. The SMILES string of the molecule is [B]C[C@H](COP(=O)(O)O[C@H](C[B])COC(CCCCCCC)CCCCCCCC)OC(CCCCCCC)CCCCCCC. The Balaban J connectivity index is 4.90. The third-order valence-electron chi connectivity index (χ3n) is 8.90. The number of rotatable bonds is 37. The van der Waals surface area contributed by atoms with Crippen LogP contribution < -0.4 is 0 Å².